The van der Waals surface area contributed by atoms with E-state index in [2.05, 4.69) is 23.1 Å². The van der Waals surface area contributed by atoms with E-state index in [1.54, 1.807) is 12.1 Å². The lowest BCUT2D eigenvalue weighted by molar-refractivity contribution is 0.416. The molecule has 2 aromatic rings. The van der Waals surface area contributed by atoms with Crippen LogP contribution in [0.5, 0.6) is 0 Å². The number of nitriles is 1. The minimum absolute atomic E-state index is 0.119. The van der Waals surface area contributed by atoms with Gasteiger partial charge in [0.05, 0.1) is 11.6 Å². The Labute approximate surface area is 98.9 Å². The third-order valence-corrected chi connectivity index (χ3v) is 3.23. The van der Waals surface area contributed by atoms with E-state index < -0.39 is 0 Å². The second kappa shape index (κ2) is 3.42. The fraction of sp³-hybridized carbons (Fsp3) is 0.308. The summed E-state index contributed by atoms with van der Waals surface area (Å²) in [4.78, 5) is 4.41. The standard InChI is InChI=1S/C13H11N3O/c1-13(6-7-13)12-15-11(17-16-12)10-4-2-9(8-14)3-5-10/h2-5H,6-7H2,1H3. The van der Waals surface area contributed by atoms with Gasteiger partial charge in [0, 0.05) is 11.0 Å². The summed E-state index contributed by atoms with van der Waals surface area (Å²) < 4.78 is 5.25. The van der Waals surface area contributed by atoms with Gasteiger partial charge in [-0.25, -0.2) is 0 Å². The molecule has 4 heteroatoms. The molecule has 0 aliphatic heterocycles. The maximum atomic E-state index is 8.72. The summed E-state index contributed by atoms with van der Waals surface area (Å²) in [5.41, 5.74) is 1.60. The van der Waals surface area contributed by atoms with E-state index in [1.165, 1.54) is 0 Å². The molecule has 3 rings (SSSR count). The summed E-state index contributed by atoms with van der Waals surface area (Å²) in [5.74, 6) is 1.31. The predicted molar refractivity (Wildman–Crippen MR) is 61.0 cm³/mol. The van der Waals surface area contributed by atoms with Gasteiger partial charge in [0.1, 0.15) is 0 Å². The van der Waals surface area contributed by atoms with Crippen LogP contribution < -0.4 is 0 Å². The van der Waals surface area contributed by atoms with Crippen LogP contribution >= 0.6 is 0 Å². The van der Waals surface area contributed by atoms with Crippen molar-refractivity contribution in [2.75, 3.05) is 0 Å². The molecule has 1 saturated carbocycles. The molecule has 84 valence electrons. The summed E-state index contributed by atoms with van der Waals surface area (Å²) in [6.45, 7) is 2.14. The Morgan fingerprint density at radius 2 is 2.00 bits per heavy atom. The van der Waals surface area contributed by atoms with E-state index in [9.17, 15) is 0 Å². The van der Waals surface area contributed by atoms with Crippen molar-refractivity contribution in [1.29, 1.82) is 5.26 Å². The minimum atomic E-state index is 0.119. The van der Waals surface area contributed by atoms with Gasteiger partial charge in [-0.1, -0.05) is 12.1 Å². The molecule has 0 N–H and O–H groups in total. The maximum absolute atomic E-state index is 8.72. The highest BCUT2D eigenvalue weighted by Gasteiger charge is 2.43. The Balaban J connectivity index is 1.93. The minimum Gasteiger partial charge on any atom is -0.334 e. The third-order valence-electron chi connectivity index (χ3n) is 3.23. The molecule has 1 aromatic heterocycles. The zero-order valence-corrected chi connectivity index (χ0v) is 9.47. The molecule has 0 atom stereocenters. The van der Waals surface area contributed by atoms with Gasteiger partial charge in [-0.3, -0.25) is 0 Å². The molecule has 17 heavy (non-hydrogen) atoms. The van der Waals surface area contributed by atoms with Crippen molar-refractivity contribution in [1.82, 2.24) is 10.1 Å². The molecule has 1 aliphatic rings. The van der Waals surface area contributed by atoms with Gasteiger partial charge in [0.15, 0.2) is 5.82 Å². The van der Waals surface area contributed by atoms with Crippen LogP contribution in [0.2, 0.25) is 0 Å². The largest absolute Gasteiger partial charge is 0.334 e. The molecule has 0 radical (unpaired) electrons. The topological polar surface area (TPSA) is 62.7 Å². The van der Waals surface area contributed by atoms with Crippen molar-refractivity contribution in [3.8, 4) is 17.5 Å². The van der Waals surface area contributed by atoms with Crippen LogP contribution in [0.25, 0.3) is 11.5 Å². The Hall–Kier alpha value is -2.15. The number of hydrogen-bond acceptors (Lipinski definition) is 4. The highest BCUT2D eigenvalue weighted by molar-refractivity contribution is 5.54. The summed E-state index contributed by atoms with van der Waals surface area (Å²) in [6.07, 6.45) is 2.25. The predicted octanol–water partition coefficient (Wildman–Crippen LogP) is 2.66. The summed E-state index contributed by atoms with van der Waals surface area (Å²) in [6, 6.07) is 9.22. The quantitative estimate of drug-likeness (QED) is 0.788. The number of hydrogen-bond donors (Lipinski definition) is 0. The molecule has 1 heterocycles. The van der Waals surface area contributed by atoms with Gasteiger partial charge in [0.25, 0.3) is 5.89 Å². The van der Waals surface area contributed by atoms with E-state index >= 15 is 0 Å². The lowest BCUT2D eigenvalue weighted by atomic mass is 10.1. The monoisotopic (exact) mass is 225 g/mol. The normalized spacial score (nSPS) is 16.5. The van der Waals surface area contributed by atoms with E-state index in [-0.39, 0.29) is 5.41 Å². The number of aromatic nitrogens is 2. The van der Waals surface area contributed by atoms with Crippen LogP contribution in [0.4, 0.5) is 0 Å². The highest BCUT2D eigenvalue weighted by Crippen LogP contribution is 2.46. The fourth-order valence-electron chi connectivity index (χ4n) is 1.68. The summed E-state index contributed by atoms with van der Waals surface area (Å²) >= 11 is 0. The molecule has 0 bridgehead atoms. The SMILES string of the molecule is CC1(c2noc(-c3ccc(C#N)cc3)n2)CC1. The van der Waals surface area contributed by atoms with Crippen molar-refractivity contribution in [2.45, 2.75) is 25.2 Å². The maximum Gasteiger partial charge on any atom is 0.257 e. The summed E-state index contributed by atoms with van der Waals surface area (Å²) in [5, 5.41) is 12.7. The second-order valence-corrected chi connectivity index (χ2v) is 4.67. The second-order valence-electron chi connectivity index (χ2n) is 4.67. The Kier molecular flexibility index (Phi) is 2.02. The van der Waals surface area contributed by atoms with Crippen LogP contribution in [0.15, 0.2) is 28.8 Å². The van der Waals surface area contributed by atoms with E-state index in [0.29, 0.717) is 11.5 Å². The highest BCUT2D eigenvalue weighted by atomic mass is 16.5. The summed E-state index contributed by atoms with van der Waals surface area (Å²) in [7, 11) is 0. The molecule has 0 saturated heterocycles. The van der Waals surface area contributed by atoms with Crippen LogP contribution in [-0.4, -0.2) is 10.1 Å². The lowest BCUT2D eigenvalue weighted by Gasteiger charge is -1.97. The first-order valence-electron chi connectivity index (χ1n) is 5.56. The molecule has 0 unspecified atom stereocenters. The average molecular weight is 225 g/mol. The molecular formula is C13H11N3O. The first-order chi connectivity index (χ1) is 8.21. The first kappa shape index (κ1) is 10.0. The van der Waals surface area contributed by atoms with Gasteiger partial charge in [-0.2, -0.15) is 10.2 Å². The smallest absolute Gasteiger partial charge is 0.257 e. The Bertz CT molecular complexity index is 588. The molecule has 1 fully saturated rings. The number of rotatable bonds is 2. The number of benzene rings is 1. The van der Waals surface area contributed by atoms with Crippen molar-refractivity contribution in [3.63, 3.8) is 0 Å². The van der Waals surface area contributed by atoms with Crippen LogP contribution in [0.1, 0.15) is 31.2 Å². The van der Waals surface area contributed by atoms with Gasteiger partial charge >= 0.3 is 0 Å². The Morgan fingerprint density at radius 3 is 2.59 bits per heavy atom. The van der Waals surface area contributed by atoms with Crippen LogP contribution in [-0.2, 0) is 5.41 Å². The lowest BCUT2D eigenvalue weighted by Crippen LogP contribution is -2.01. The van der Waals surface area contributed by atoms with Crippen LogP contribution in [0, 0.1) is 11.3 Å². The van der Waals surface area contributed by atoms with Gasteiger partial charge < -0.3 is 4.52 Å². The van der Waals surface area contributed by atoms with Crippen molar-refractivity contribution < 1.29 is 4.52 Å². The zero-order chi connectivity index (χ0) is 11.9. The van der Waals surface area contributed by atoms with Gasteiger partial charge in [0.2, 0.25) is 0 Å². The fourth-order valence-corrected chi connectivity index (χ4v) is 1.68. The van der Waals surface area contributed by atoms with Gasteiger partial charge in [-0.15, -0.1) is 0 Å². The van der Waals surface area contributed by atoms with E-state index in [1.807, 2.05) is 12.1 Å². The molecule has 0 amide bonds. The van der Waals surface area contributed by atoms with Crippen molar-refractivity contribution in [2.24, 2.45) is 0 Å². The average Bonchev–Trinajstić information content (AvgIpc) is 2.94. The van der Waals surface area contributed by atoms with E-state index in [4.69, 9.17) is 9.78 Å². The molecular weight excluding hydrogens is 214 g/mol. The van der Waals surface area contributed by atoms with Crippen LogP contribution in [0.3, 0.4) is 0 Å². The zero-order valence-electron chi connectivity index (χ0n) is 9.47. The molecule has 1 aromatic carbocycles. The number of nitrogens with zero attached hydrogens (tertiary/aromatic N) is 3. The molecule has 4 nitrogen and oxygen atoms in total. The van der Waals surface area contributed by atoms with Crippen molar-refractivity contribution in [3.05, 3.63) is 35.7 Å². The Morgan fingerprint density at radius 1 is 1.29 bits per heavy atom. The first-order valence-corrected chi connectivity index (χ1v) is 5.56. The van der Waals surface area contributed by atoms with Gasteiger partial charge in [-0.05, 0) is 37.1 Å². The molecule has 1 aliphatic carbocycles. The van der Waals surface area contributed by atoms with Crippen molar-refractivity contribution >= 4 is 0 Å². The third kappa shape index (κ3) is 1.70. The van der Waals surface area contributed by atoms with E-state index in [0.717, 1.165) is 24.2 Å². The molecule has 0 spiro atoms.